The number of hydrogen-bond acceptors (Lipinski definition) is 2. The molecule has 80 valence electrons. The van der Waals surface area contributed by atoms with E-state index in [2.05, 4.69) is 10.5 Å². The molecular formula is C12H16N2O. The van der Waals surface area contributed by atoms with Crippen molar-refractivity contribution in [2.24, 2.45) is 28.3 Å². The molecule has 4 aliphatic carbocycles. The molecule has 2 unspecified atom stereocenters. The summed E-state index contributed by atoms with van der Waals surface area (Å²) in [7, 11) is 0. The summed E-state index contributed by atoms with van der Waals surface area (Å²) < 4.78 is 0. The maximum atomic E-state index is 11.5. The number of rotatable bonds is 0. The number of nitrogens with zero attached hydrogens (tertiary/aromatic N) is 1. The van der Waals surface area contributed by atoms with Gasteiger partial charge >= 0.3 is 0 Å². The van der Waals surface area contributed by atoms with E-state index in [0.717, 1.165) is 18.3 Å². The van der Waals surface area contributed by atoms with Crippen molar-refractivity contribution >= 4 is 11.6 Å². The molecule has 3 heteroatoms. The Bertz CT molecular complexity index is 360. The Morgan fingerprint density at radius 2 is 1.93 bits per heavy atom. The summed E-state index contributed by atoms with van der Waals surface area (Å²) in [5.41, 5.74) is 4.24. The van der Waals surface area contributed by atoms with Crippen molar-refractivity contribution in [1.82, 2.24) is 5.43 Å². The second-order valence-corrected chi connectivity index (χ2v) is 6.03. The van der Waals surface area contributed by atoms with Crippen LogP contribution in [0.1, 0.15) is 38.5 Å². The third-order valence-corrected chi connectivity index (χ3v) is 4.99. The van der Waals surface area contributed by atoms with Crippen LogP contribution >= 0.6 is 0 Å². The molecule has 4 fully saturated rings. The van der Waals surface area contributed by atoms with E-state index in [1.807, 2.05) is 0 Å². The minimum atomic E-state index is 0.140. The van der Waals surface area contributed by atoms with Gasteiger partial charge in [0.25, 0.3) is 0 Å². The van der Waals surface area contributed by atoms with Gasteiger partial charge in [0, 0.05) is 23.5 Å². The number of nitrogens with one attached hydrogen (secondary N) is 1. The molecule has 1 aliphatic heterocycles. The lowest BCUT2D eigenvalue weighted by Gasteiger charge is -2.58. The lowest BCUT2D eigenvalue weighted by molar-refractivity contribution is -0.125. The zero-order chi connectivity index (χ0) is 10.0. The van der Waals surface area contributed by atoms with Gasteiger partial charge < -0.3 is 0 Å². The monoisotopic (exact) mass is 204 g/mol. The maximum Gasteiger partial charge on any atom is 0.241 e. The van der Waals surface area contributed by atoms with Crippen molar-refractivity contribution < 1.29 is 4.79 Å². The molecule has 0 aromatic heterocycles. The Kier molecular flexibility index (Phi) is 1.35. The van der Waals surface area contributed by atoms with Gasteiger partial charge in [-0.25, -0.2) is 5.43 Å². The molecule has 0 aromatic carbocycles. The lowest BCUT2D eigenvalue weighted by atomic mass is 9.47. The maximum absolute atomic E-state index is 11.5. The summed E-state index contributed by atoms with van der Waals surface area (Å²) in [5.74, 6) is 2.64. The fourth-order valence-electron chi connectivity index (χ4n) is 4.87. The fourth-order valence-corrected chi connectivity index (χ4v) is 4.87. The van der Waals surface area contributed by atoms with Gasteiger partial charge in [0.05, 0.1) is 0 Å². The van der Waals surface area contributed by atoms with Gasteiger partial charge in [0.1, 0.15) is 0 Å². The second kappa shape index (κ2) is 2.45. The molecule has 0 aromatic rings. The van der Waals surface area contributed by atoms with E-state index < -0.39 is 0 Å². The first-order valence-corrected chi connectivity index (χ1v) is 6.12. The minimum absolute atomic E-state index is 0.140. The SMILES string of the molecule is O=C1CC23C[C@@H]4CC(C[C@@H](C4)C2)C3=NN1. The molecular weight excluding hydrogens is 188 g/mol. The van der Waals surface area contributed by atoms with Crippen LogP contribution in [0.15, 0.2) is 5.10 Å². The third kappa shape index (κ3) is 0.963. The Morgan fingerprint density at radius 3 is 2.67 bits per heavy atom. The molecule has 5 aliphatic rings. The van der Waals surface area contributed by atoms with Crippen LogP contribution in [-0.4, -0.2) is 11.6 Å². The number of carbonyl (C=O) groups excluding carboxylic acids is 1. The Labute approximate surface area is 89.3 Å². The normalized spacial score (nSPS) is 51.1. The number of amides is 1. The van der Waals surface area contributed by atoms with E-state index >= 15 is 0 Å². The number of carbonyl (C=O) groups is 1. The van der Waals surface area contributed by atoms with E-state index in [1.165, 1.54) is 37.8 Å². The summed E-state index contributed by atoms with van der Waals surface area (Å²) >= 11 is 0. The quantitative estimate of drug-likeness (QED) is 0.641. The Balaban J connectivity index is 1.84. The molecule has 0 saturated heterocycles. The highest BCUT2D eigenvalue weighted by Gasteiger charge is 2.56. The van der Waals surface area contributed by atoms with Crippen LogP contribution in [0.4, 0.5) is 0 Å². The summed E-state index contributed by atoms with van der Waals surface area (Å²) in [5, 5.41) is 4.38. The topological polar surface area (TPSA) is 41.5 Å². The lowest BCUT2D eigenvalue weighted by Crippen LogP contribution is -2.57. The molecule has 1 N–H and O–H groups in total. The molecule has 1 amide bonds. The van der Waals surface area contributed by atoms with Crippen LogP contribution < -0.4 is 5.43 Å². The summed E-state index contributed by atoms with van der Waals surface area (Å²) in [4.78, 5) is 11.5. The van der Waals surface area contributed by atoms with Crippen LogP contribution in [0.2, 0.25) is 0 Å². The molecule has 4 saturated carbocycles. The zero-order valence-corrected chi connectivity index (χ0v) is 8.83. The molecule has 5 rings (SSSR count). The largest absolute Gasteiger partial charge is 0.273 e. The molecule has 1 spiro atoms. The van der Waals surface area contributed by atoms with Crippen LogP contribution in [0.5, 0.6) is 0 Å². The first-order valence-electron chi connectivity index (χ1n) is 6.12. The average Bonchev–Trinajstić information content (AvgIpc) is 2.14. The van der Waals surface area contributed by atoms with Gasteiger partial charge in [-0.2, -0.15) is 5.10 Å². The third-order valence-electron chi connectivity index (χ3n) is 4.99. The van der Waals surface area contributed by atoms with Crippen molar-refractivity contribution in [1.29, 1.82) is 0 Å². The molecule has 1 heterocycles. The van der Waals surface area contributed by atoms with Crippen LogP contribution in [0, 0.1) is 23.2 Å². The minimum Gasteiger partial charge on any atom is -0.273 e. The van der Waals surface area contributed by atoms with Crippen molar-refractivity contribution in [3.8, 4) is 0 Å². The Morgan fingerprint density at radius 1 is 1.20 bits per heavy atom. The van der Waals surface area contributed by atoms with E-state index in [0.29, 0.717) is 5.92 Å². The van der Waals surface area contributed by atoms with E-state index in [1.54, 1.807) is 0 Å². The molecule has 0 radical (unpaired) electrons. The summed E-state index contributed by atoms with van der Waals surface area (Å²) in [6.45, 7) is 0. The van der Waals surface area contributed by atoms with E-state index in [-0.39, 0.29) is 11.3 Å². The van der Waals surface area contributed by atoms with Crippen LogP contribution in [0.25, 0.3) is 0 Å². The van der Waals surface area contributed by atoms with Crippen molar-refractivity contribution in [3.63, 3.8) is 0 Å². The standard InChI is InChI=1S/C12H16N2O/c15-10-6-12-4-7-1-8(5-12)3-9(2-7)11(12)14-13-10/h7-9H,1-6H2,(H,13,15)/t7-,8+,9?,12?. The van der Waals surface area contributed by atoms with Crippen LogP contribution in [-0.2, 0) is 4.79 Å². The van der Waals surface area contributed by atoms with Gasteiger partial charge in [-0.15, -0.1) is 0 Å². The molecule has 15 heavy (non-hydrogen) atoms. The summed E-state index contributed by atoms with van der Waals surface area (Å²) in [6.07, 6.45) is 7.31. The van der Waals surface area contributed by atoms with Gasteiger partial charge in [-0.1, -0.05) is 0 Å². The number of hydrazone groups is 1. The van der Waals surface area contributed by atoms with Gasteiger partial charge in [0.2, 0.25) is 5.91 Å². The molecule has 4 atom stereocenters. The highest BCUT2D eigenvalue weighted by Crippen LogP contribution is 2.60. The highest BCUT2D eigenvalue weighted by molar-refractivity contribution is 6.00. The van der Waals surface area contributed by atoms with Crippen molar-refractivity contribution in [2.45, 2.75) is 38.5 Å². The number of hydrogen-bond donors (Lipinski definition) is 1. The predicted molar refractivity (Wildman–Crippen MR) is 56.2 cm³/mol. The first kappa shape index (κ1) is 8.31. The molecule has 4 bridgehead atoms. The second-order valence-electron chi connectivity index (χ2n) is 6.03. The zero-order valence-electron chi connectivity index (χ0n) is 8.83. The van der Waals surface area contributed by atoms with Gasteiger partial charge in [0.15, 0.2) is 0 Å². The first-order chi connectivity index (χ1) is 7.25. The average molecular weight is 204 g/mol. The van der Waals surface area contributed by atoms with Crippen LogP contribution in [0.3, 0.4) is 0 Å². The highest BCUT2D eigenvalue weighted by atomic mass is 16.2. The van der Waals surface area contributed by atoms with Gasteiger partial charge in [-0.05, 0) is 43.9 Å². The fraction of sp³-hybridized carbons (Fsp3) is 0.833. The predicted octanol–water partition coefficient (Wildman–Crippen LogP) is 1.69. The summed E-state index contributed by atoms with van der Waals surface area (Å²) in [6, 6.07) is 0. The van der Waals surface area contributed by atoms with Gasteiger partial charge in [-0.3, -0.25) is 4.79 Å². The molecule has 3 nitrogen and oxygen atoms in total. The van der Waals surface area contributed by atoms with E-state index in [4.69, 9.17) is 0 Å². The Hall–Kier alpha value is -0.860. The van der Waals surface area contributed by atoms with Crippen molar-refractivity contribution in [3.05, 3.63) is 0 Å². The van der Waals surface area contributed by atoms with E-state index in [9.17, 15) is 4.79 Å². The smallest absolute Gasteiger partial charge is 0.241 e. The van der Waals surface area contributed by atoms with Crippen molar-refractivity contribution in [2.75, 3.05) is 0 Å².